The second kappa shape index (κ2) is 14.3. The highest BCUT2D eigenvalue weighted by Crippen LogP contribution is 2.52. The Balaban J connectivity index is 0.960. The van der Waals surface area contributed by atoms with Crippen LogP contribution < -0.4 is 5.73 Å². The molecule has 0 saturated heterocycles. The van der Waals surface area contributed by atoms with Gasteiger partial charge in [0.25, 0.3) is 0 Å². The van der Waals surface area contributed by atoms with E-state index in [0.717, 1.165) is 33.2 Å². The zero-order valence-electron chi connectivity index (χ0n) is 33.6. The third kappa shape index (κ3) is 5.96. The standard InChI is InChI=1S/C57H42N2S/c1-57(2)50-32-28-40(33-49(50)46-29-27-38-15-6-7-16-42(38)56(46)57)37-23-25-39(26-24-37)41-30-31-45(44-18-9-8-17-43(41)44)51(58)34-52(59-35-36-13-4-3-5-14-36)47-20-12-22-54-55(47)48-19-10-11-21-53(48)60-54/h3-34H,35,58H2,1-2H3/b51-34-,59-52?. The number of rotatable bonds is 7. The maximum absolute atomic E-state index is 7.17. The topological polar surface area (TPSA) is 38.4 Å². The molecule has 0 atom stereocenters. The van der Waals surface area contributed by atoms with Crippen LogP contribution in [0.5, 0.6) is 0 Å². The molecule has 1 aliphatic carbocycles. The van der Waals surface area contributed by atoms with E-state index < -0.39 is 0 Å². The van der Waals surface area contributed by atoms with Gasteiger partial charge >= 0.3 is 0 Å². The largest absolute Gasteiger partial charge is 0.398 e. The molecule has 0 saturated carbocycles. The Morgan fingerprint density at radius 1 is 0.533 bits per heavy atom. The van der Waals surface area contributed by atoms with Crippen LogP contribution in [0.2, 0.25) is 0 Å². The summed E-state index contributed by atoms with van der Waals surface area (Å²) in [6, 6.07) is 68.0. The van der Waals surface area contributed by atoms with E-state index in [1.807, 2.05) is 17.4 Å². The number of allylic oxidation sites excluding steroid dienone is 1. The number of nitrogens with zero attached hydrogens (tertiary/aromatic N) is 1. The van der Waals surface area contributed by atoms with Crippen LogP contribution in [0.25, 0.3) is 80.8 Å². The lowest BCUT2D eigenvalue weighted by Gasteiger charge is -2.23. The number of benzene rings is 9. The fraction of sp³-hybridized carbons (Fsp3) is 0.0702. The van der Waals surface area contributed by atoms with Crippen molar-refractivity contribution in [3.8, 4) is 33.4 Å². The number of hydrogen-bond acceptors (Lipinski definition) is 3. The molecule has 1 aliphatic rings. The summed E-state index contributed by atoms with van der Waals surface area (Å²) in [4.78, 5) is 5.26. The quantitative estimate of drug-likeness (QED) is 0.161. The number of fused-ring (bicyclic) bond motifs is 9. The molecular weight excluding hydrogens is 745 g/mol. The predicted molar refractivity (Wildman–Crippen MR) is 258 cm³/mol. The molecule has 0 aliphatic heterocycles. The molecular formula is C57H42N2S. The Morgan fingerprint density at radius 2 is 1.20 bits per heavy atom. The summed E-state index contributed by atoms with van der Waals surface area (Å²) in [6.07, 6.45) is 2.08. The first-order valence-electron chi connectivity index (χ1n) is 20.7. The van der Waals surface area contributed by atoms with E-state index >= 15 is 0 Å². The summed E-state index contributed by atoms with van der Waals surface area (Å²) in [5, 5.41) is 7.38. The fourth-order valence-corrected chi connectivity index (χ4v) is 10.8. The van der Waals surface area contributed by atoms with Crippen molar-refractivity contribution in [1.29, 1.82) is 0 Å². The minimum Gasteiger partial charge on any atom is -0.398 e. The highest BCUT2D eigenvalue weighted by atomic mass is 32.1. The highest BCUT2D eigenvalue weighted by molar-refractivity contribution is 7.25. The van der Waals surface area contributed by atoms with Gasteiger partial charge < -0.3 is 5.73 Å². The van der Waals surface area contributed by atoms with Crippen molar-refractivity contribution < 1.29 is 0 Å². The van der Waals surface area contributed by atoms with Crippen molar-refractivity contribution in [2.45, 2.75) is 25.8 Å². The van der Waals surface area contributed by atoms with Gasteiger partial charge in [0.1, 0.15) is 0 Å². The van der Waals surface area contributed by atoms with E-state index in [4.69, 9.17) is 10.7 Å². The van der Waals surface area contributed by atoms with Crippen LogP contribution in [-0.2, 0) is 12.0 Å². The molecule has 2 N–H and O–H groups in total. The van der Waals surface area contributed by atoms with Gasteiger partial charge in [-0.2, -0.15) is 0 Å². The van der Waals surface area contributed by atoms with Gasteiger partial charge in [0.2, 0.25) is 0 Å². The Hall–Kier alpha value is -7.07. The van der Waals surface area contributed by atoms with Gasteiger partial charge in [0.15, 0.2) is 0 Å². The molecule has 0 spiro atoms. The van der Waals surface area contributed by atoms with Crippen LogP contribution in [0.3, 0.4) is 0 Å². The second-order valence-corrected chi connectivity index (χ2v) is 17.5. The Kier molecular flexibility index (Phi) is 8.61. The van der Waals surface area contributed by atoms with Gasteiger partial charge in [-0.15, -0.1) is 11.3 Å². The van der Waals surface area contributed by atoms with Gasteiger partial charge in [0.05, 0.1) is 12.3 Å². The van der Waals surface area contributed by atoms with Crippen molar-refractivity contribution in [1.82, 2.24) is 0 Å². The first-order valence-corrected chi connectivity index (χ1v) is 21.5. The molecule has 0 bridgehead atoms. The van der Waals surface area contributed by atoms with Crippen LogP contribution >= 0.6 is 11.3 Å². The Bertz CT molecular complexity index is 3370. The molecule has 3 heteroatoms. The lowest BCUT2D eigenvalue weighted by Crippen LogP contribution is -2.15. The molecule has 60 heavy (non-hydrogen) atoms. The third-order valence-electron chi connectivity index (χ3n) is 12.5. The molecule has 0 unspecified atom stereocenters. The Morgan fingerprint density at radius 3 is 2.03 bits per heavy atom. The van der Waals surface area contributed by atoms with E-state index in [9.17, 15) is 0 Å². The zero-order chi connectivity index (χ0) is 40.4. The van der Waals surface area contributed by atoms with Crippen LogP contribution in [0.4, 0.5) is 0 Å². The first-order chi connectivity index (χ1) is 29.4. The van der Waals surface area contributed by atoms with Gasteiger partial charge in [-0.25, -0.2) is 0 Å². The lowest BCUT2D eigenvalue weighted by atomic mass is 9.80. The Labute approximate surface area is 354 Å². The van der Waals surface area contributed by atoms with Gasteiger partial charge in [-0.05, 0) is 95.9 Å². The number of aliphatic imine (C=N–C) groups is 1. The van der Waals surface area contributed by atoms with Crippen LogP contribution in [0, 0.1) is 0 Å². The maximum Gasteiger partial charge on any atom is 0.0678 e. The molecule has 9 aromatic carbocycles. The van der Waals surface area contributed by atoms with E-state index in [1.165, 1.54) is 75.5 Å². The average Bonchev–Trinajstić information content (AvgIpc) is 3.79. The van der Waals surface area contributed by atoms with Crippen molar-refractivity contribution in [2.75, 3.05) is 0 Å². The zero-order valence-corrected chi connectivity index (χ0v) is 34.4. The highest BCUT2D eigenvalue weighted by Gasteiger charge is 2.37. The minimum absolute atomic E-state index is 0.0663. The smallest absolute Gasteiger partial charge is 0.0678 e. The average molecular weight is 787 g/mol. The summed E-state index contributed by atoms with van der Waals surface area (Å²) >= 11 is 1.82. The van der Waals surface area contributed by atoms with Crippen molar-refractivity contribution in [2.24, 2.45) is 10.7 Å². The van der Waals surface area contributed by atoms with Gasteiger partial charge in [-0.1, -0.05) is 184 Å². The monoisotopic (exact) mass is 786 g/mol. The maximum atomic E-state index is 7.17. The minimum atomic E-state index is -0.0663. The third-order valence-corrected chi connectivity index (χ3v) is 13.7. The number of hydrogen-bond donors (Lipinski definition) is 1. The molecule has 1 heterocycles. The molecule has 286 valence electrons. The first kappa shape index (κ1) is 36.0. The summed E-state index contributed by atoms with van der Waals surface area (Å²) < 4.78 is 2.51. The van der Waals surface area contributed by atoms with Gasteiger partial charge in [-0.3, -0.25) is 4.99 Å². The van der Waals surface area contributed by atoms with Crippen LogP contribution in [0.15, 0.2) is 199 Å². The fourth-order valence-electron chi connectivity index (χ4n) is 9.62. The molecule has 11 rings (SSSR count). The van der Waals surface area contributed by atoms with Crippen molar-refractivity contribution >= 4 is 64.5 Å². The van der Waals surface area contributed by atoms with E-state index in [2.05, 4.69) is 202 Å². The SMILES string of the molecule is CC1(C)c2ccc(-c3ccc(-c4ccc(/C(N)=C/C(=NCc5ccccc5)c5cccc6sc7ccccc7c56)c5ccccc45)cc3)cc2-c2ccc3ccccc3c21. The summed E-state index contributed by atoms with van der Waals surface area (Å²) in [7, 11) is 0. The van der Waals surface area contributed by atoms with Crippen molar-refractivity contribution in [3.63, 3.8) is 0 Å². The summed E-state index contributed by atoms with van der Waals surface area (Å²) in [5.41, 5.74) is 22.2. The van der Waals surface area contributed by atoms with E-state index in [1.54, 1.807) is 0 Å². The molecule has 10 aromatic rings. The molecule has 1 aromatic heterocycles. The normalized spacial score (nSPS) is 13.6. The van der Waals surface area contributed by atoms with Crippen LogP contribution in [-0.4, -0.2) is 5.71 Å². The summed E-state index contributed by atoms with van der Waals surface area (Å²) in [6.45, 7) is 5.29. The molecule has 2 nitrogen and oxygen atoms in total. The molecule has 0 radical (unpaired) electrons. The number of thiophene rings is 1. The lowest BCUT2D eigenvalue weighted by molar-refractivity contribution is 0.666. The van der Waals surface area contributed by atoms with Crippen molar-refractivity contribution in [3.05, 3.63) is 222 Å². The summed E-state index contributed by atoms with van der Waals surface area (Å²) in [5.74, 6) is 0. The van der Waals surface area contributed by atoms with E-state index in [0.29, 0.717) is 12.2 Å². The van der Waals surface area contributed by atoms with Gasteiger partial charge in [0, 0.05) is 42.4 Å². The van der Waals surface area contributed by atoms with E-state index in [-0.39, 0.29) is 5.41 Å². The molecule has 0 fully saturated rings. The number of nitrogens with two attached hydrogens (primary N) is 1. The predicted octanol–water partition coefficient (Wildman–Crippen LogP) is 15.0. The molecule has 0 amide bonds. The van der Waals surface area contributed by atoms with Crippen LogP contribution in [0.1, 0.15) is 41.7 Å². The second-order valence-electron chi connectivity index (χ2n) is 16.4.